The Balaban J connectivity index is 1.97. The van der Waals surface area contributed by atoms with Crippen LogP contribution in [0.1, 0.15) is 23.3 Å². The SMILES string of the molecule is CCNCc1cn(Cc2csc(C)n2)nn1. The first-order chi connectivity index (χ1) is 7.78. The molecule has 2 aromatic rings. The minimum atomic E-state index is 0.698. The molecule has 2 heterocycles. The molecular weight excluding hydrogens is 222 g/mol. The first kappa shape index (κ1) is 11.2. The standard InChI is InChI=1S/C10H15N5S/c1-3-11-4-9-5-15(14-13-9)6-10-7-16-8(2)12-10/h5,7,11H,3-4,6H2,1-2H3. The van der Waals surface area contributed by atoms with Crippen LogP contribution in [0.4, 0.5) is 0 Å². The Morgan fingerprint density at radius 3 is 3.00 bits per heavy atom. The van der Waals surface area contributed by atoms with Crippen LogP contribution in [0, 0.1) is 6.92 Å². The summed E-state index contributed by atoms with van der Waals surface area (Å²) in [4.78, 5) is 4.39. The number of hydrogen-bond donors (Lipinski definition) is 1. The normalized spacial score (nSPS) is 10.9. The summed E-state index contributed by atoms with van der Waals surface area (Å²) >= 11 is 1.66. The van der Waals surface area contributed by atoms with Gasteiger partial charge in [-0.05, 0) is 13.5 Å². The number of aryl methyl sites for hydroxylation is 1. The van der Waals surface area contributed by atoms with Gasteiger partial charge in [-0.15, -0.1) is 16.4 Å². The number of thiazole rings is 1. The van der Waals surface area contributed by atoms with E-state index in [9.17, 15) is 0 Å². The largest absolute Gasteiger partial charge is 0.311 e. The highest BCUT2D eigenvalue weighted by atomic mass is 32.1. The van der Waals surface area contributed by atoms with Crippen LogP contribution in [-0.2, 0) is 13.1 Å². The van der Waals surface area contributed by atoms with Crippen molar-refractivity contribution >= 4 is 11.3 Å². The third kappa shape index (κ3) is 2.86. The molecule has 0 aliphatic heterocycles. The monoisotopic (exact) mass is 237 g/mol. The van der Waals surface area contributed by atoms with E-state index >= 15 is 0 Å². The van der Waals surface area contributed by atoms with Gasteiger partial charge in [0.15, 0.2) is 0 Å². The molecule has 5 nitrogen and oxygen atoms in total. The predicted octanol–water partition coefficient (Wildman–Crippen LogP) is 1.20. The van der Waals surface area contributed by atoms with Gasteiger partial charge in [0.2, 0.25) is 0 Å². The van der Waals surface area contributed by atoms with Gasteiger partial charge in [0.05, 0.1) is 29.1 Å². The third-order valence-corrected chi connectivity index (χ3v) is 2.96. The maximum absolute atomic E-state index is 4.39. The van der Waals surface area contributed by atoms with Crippen molar-refractivity contribution in [2.45, 2.75) is 26.9 Å². The van der Waals surface area contributed by atoms with Gasteiger partial charge in [-0.3, -0.25) is 0 Å². The van der Waals surface area contributed by atoms with E-state index in [1.807, 2.05) is 17.8 Å². The molecule has 0 saturated heterocycles. The minimum absolute atomic E-state index is 0.698. The van der Waals surface area contributed by atoms with Crippen LogP contribution in [0.3, 0.4) is 0 Å². The highest BCUT2D eigenvalue weighted by Crippen LogP contribution is 2.08. The molecule has 0 bridgehead atoms. The Bertz CT molecular complexity index is 448. The van der Waals surface area contributed by atoms with Crippen molar-refractivity contribution in [3.8, 4) is 0 Å². The maximum Gasteiger partial charge on any atom is 0.0964 e. The van der Waals surface area contributed by atoms with E-state index in [1.165, 1.54) is 0 Å². The first-order valence-electron chi connectivity index (χ1n) is 5.28. The van der Waals surface area contributed by atoms with E-state index in [0.29, 0.717) is 6.54 Å². The number of aromatic nitrogens is 4. The highest BCUT2D eigenvalue weighted by molar-refractivity contribution is 7.09. The van der Waals surface area contributed by atoms with Crippen LogP contribution >= 0.6 is 11.3 Å². The molecular formula is C10H15N5S. The van der Waals surface area contributed by atoms with Crippen LogP contribution in [0.15, 0.2) is 11.6 Å². The van der Waals surface area contributed by atoms with Gasteiger partial charge in [-0.25, -0.2) is 9.67 Å². The van der Waals surface area contributed by atoms with E-state index in [0.717, 1.165) is 29.5 Å². The Morgan fingerprint density at radius 2 is 2.31 bits per heavy atom. The second-order valence-corrected chi connectivity index (χ2v) is 4.61. The molecule has 0 saturated carbocycles. The van der Waals surface area contributed by atoms with Crippen LogP contribution in [0.2, 0.25) is 0 Å². The van der Waals surface area contributed by atoms with Crippen LogP contribution < -0.4 is 5.32 Å². The molecule has 0 aromatic carbocycles. The Hall–Kier alpha value is -1.27. The highest BCUT2D eigenvalue weighted by Gasteiger charge is 2.03. The number of nitrogens with zero attached hydrogens (tertiary/aromatic N) is 4. The molecule has 0 aliphatic carbocycles. The van der Waals surface area contributed by atoms with Gasteiger partial charge < -0.3 is 5.32 Å². The molecule has 0 unspecified atom stereocenters. The van der Waals surface area contributed by atoms with Crippen LogP contribution in [-0.4, -0.2) is 26.5 Å². The van der Waals surface area contributed by atoms with Gasteiger partial charge in [-0.2, -0.15) is 0 Å². The lowest BCUT2D eigenvalue weighted by atomic mass is 10.4. The fraction of sp³-hybridized carbons (Fsp3) is 0.500. The lowest BCUT2D eigenvalue weighted by Gasteiger charge is -1.95. The number of hydrogen-bond acceptors (Lipinski definition) is 5. The van der Waals surface area contributed by atoms with Crippen molar-refractivity contribution in [2.24, 2.45) is 0 Å². The summed E-state index contributed by atoms with van der Waals surface area (Å²) in [7, 11) is 0. The molecule has 1 N–H and O–H groups in total. The summed E-state index contributed by atoms with van der Waals surface area (Å²) in [6.45, 7) is 6.49. The zero-order valence-electron chi connectivity index (χ0n) is 9.47. The lowest BCUT2D eigenvalue weighted by molar-refractivity contribution is 0.639. The van der Waals surface area contributed by atoms with Crippen molar-refractivity contribution in [3.63, 3.8) is 0 Å². The summed E-state index contributed by atoms with van der Waals surface area (Å²) < 4.78 is 1.82. The smallest absolute Gasteiger partial charge is 0.0964 e. The van der Waals surface area contributed by atoms with E-state index in [2.05, 4.69) is 32.9 Å². The van der Waals surface area contributed by atoms with E-state index in [4.69, 9.17) is 0 Å². The van der Waals surface area contributed by atoms with Crippen molar-refractivity contribution in [3.05, 3.63) is 28.0 Å². The first-order valence-corrected chi connectivity index (χ1v) is 6.16. The Kier molecular flexibility index (Phi) is 3.63. The minimum Gasteiger partial charge on any atom is -0.311 e. The summed E-state index contributed by atoms with van der Waals surface area (Å²) in [5, 5.41) is 14.5. The summed E-state index contributed by atoms with van der Waals surface area (Å²) in [6, 6.07) is 0. The van der Waals surface area contributed by atoms with Gasteiger partial charge in [-0.1, -0.05) is 12.1 Å². The quantitative estimate of drug-likeness (QED) is 0.849. The van der Waals surface area contributed by atoms with Crippen LogP contribution in [0.25, 0.3) is 0 Å². The van der Waals surface area contributed by atoms with E-state index < -0.39 is 0 Å². The Morgan fingerprint density at radius 1 is 1.44 bits per heavy atom. The van der Waals surface area contributed by atoms with Crippen molar-refractivity contribution in [1.82, 2.24) is 25.3 Å². The molecule has 0 fully saturated rings. The summed E-state index contributed by atoms with van der Waals surface area (Å²) in [5.74, 6) is 0. The fourth-order valence-corrected chi connectivity index (χ4v) is 2.00. The van der Waals surface area contributed by atoms with Gasteiger partial charge >= 0.3 is 0 Å². The molecule has 0 atom stereocenters. The second-order valence-electron chi connectivity index (χ2n) is 3.55. The summed E-state index contributed by atoms with van der Waals surface area (Å²) in [6.07, 6.45) is 1.96. The molecule has 2 aromatic heterocycles. The van der Waals surface area contributed by atoms with E-state index in [-0.39, 0.29) is 0 Å². The lowest BCUT2D eigenvalue weighted by Crippen LogP contribution is -2.11. The molecule has 6 heteroatoms. The molecule has 0 aliphatic rings. The molecule has 86 valence electrons. The van der Waals surface area contributed by atoms with E-state index in [1.54, 1.807) is 11.3 Å². The fourth-order valence-electron chi connectivity index (χ4n) is 1.40. The topological polar surface area (TPSA) is 55.6 Å². The molecule has 16 heavy (non-hydrogen) atoms. The van der Waals surface area contributed by atoms with Crippen molar-refractivity contribution in [2.75, 3.05) is 6.54 Å². The second kappa shape index (κ2) is 5.18. The maximum atomic E-state index is 4.39. The predicted molar refractivity (Wildman–Crippen MR) is 63.4 cm³/mol. The van der Waals surface area contributed by atoms with Crippen LogP contribution in [0.5, 0.6) is 0 Å². The van der Waals surface area contributed by atoms with Gasteiger partial charge in [0, 0.05) is 11.9 Å². The third-order valence-electron chi connectivity index (χ3n) is 2.13. The average molecular weight is 237 g/mol. The summed E-state index contributed by atoms with van der Waals surface area (Å²) in [5.41, 5.74) is 2.01. The van der Waals surface area contributed by atoms with Crippen molar-refractivity contribution in [1.29, 1.82) is 0 Å². The number of nitrogens with one attached hydrogen (secondary N) is 1. The molecule has 0 spiro atoms. The zero-order chi connectivity index (χ0) is 11.4. The average Bonchev–Trinajstić information content (AvgIpc) is 2.86. The zero-order valence-corrected chi connectivity index (χ0v) is 10.3. The van der Waals surface area contributed by atoms with Crippen molar-refractivity contribution < 1.29 is 0 Å². The Labute approximate surface area is 98.5 Å². The van der Waals surface area contributed by atoms with Gasteiger partial charge in [0.25, 0.3) is 0 Å². The molecule has 2 rings (SSSR count). The molecule has 0 radical (unpaired) electrons. The molecule has 0 amide bonds. The number of rotatable bonds is 5. The van der Waals surface area contributed by atoms with Gasteiger partial charge in [0.1, 0.15) is 0 Å².